The molecule has 0 fully saturated rings. The number of ketones is 1. The van der Waals surface area contributed by atoms with E-state index in [1.165, 1.54) is 6.92 Å². The number of Topliss-reactive ketones (excluding diaryl/α,β-unsaturated/α-hetero) is 1. The van der Waals surface area contributed by atoms with Crippen molar-refractivity contribution >= 4 is 34.1 Å². The Morgan fingerprint density at radius 1 is 1.11 bits per heavy atom. The number of hydrogen-bond donors (Lipinski definition) is 1. The van der Waals surface area contributed by atoms with E-state index in [1.54, 1.807) is 18.2 Å². The number of ether oxygens (including phenoxy) is 1. The highest BCUT2D eigenvalue weighted by molar-refractivity contribution is 14.1. The summed E-state index contributed by atoms with van der Waals surface area (Å²) in [6.07, 6.45) is 0. The standard InChI is InChI=1S/C14H12INO2/c1-9(17)13-7-6-12(8-14(13)16)18-11-4-2-10(15)3-5-11/h2-8H,16H2,1H3. The van der Waals surface area contributed by atoms with Crippen molar-refractivity contribution in [3.05, 3.63) is 51.6 Å². The normalized spacial score (nSPS) is 10.1. The average molecular weight is 353 g/mol. The second-order valence-electron chi connectivity index (χ2n) is 3.86. The van der Waals surface area contributed by atoms with Crippen LogP contribution in [0.4, 0.5) is 5.69 Å². The minimum atomic E-state index is -0.0479. The summed E-state index contributed by atoms with van der Waals surface area (Å²) >= 11 is 2.23. The average Bonchev–Trinajstić information content (AvgIpc) is 2.32. The molecule has 2 rings (SSSR count). The molecule has 0 spiro atoms. The molecular weight excluding hydrogens is 341 g/mol. The first kappa shape index (κ1) is 12.9. The number of anilines is 1. The van der Waals surface area contributed by atoms with Crippen molar-refractivity contribution in [2.45, 2.75) is 6.92 Å². The van der Waals surface area contributed by atoms with E-state index in [-0.39, 0.29) is 5.78 Å². The maximum atomic E-state index is 11.3. The van der Waals surface area contributed by atoms with Gasteiger partial charge in [0, 0.05) is 20.9 Å². The number of halogens is 1. The van der Waals surface area contributed by atoms with Gasteiger partial charge in [-0.3, -0.25) is 4.79 Å². The molecule has 0 saturated carbocycles. The summed E-state index contributed by atoms with van der Waals surface area (Å²) in [5.74, 6) is 1.32. The highest BCUT2D eigenvalue weighted by atomic mass is 127. The second-order valence-corrected chi connectivity index (χ2v) is 5.11. The topological polar surface area (TPSA) is 52.3 Å². The molecule has 0 unspecified atom stereocenters. The van der Waals surface area contributed by atoms with Crippen molar-refractivity contribution in [2.75, 3.05) is 5.73 Å². The first-order valence-electron chi connectivity index (χ1n) is 5.40. The van der Waals surface area contributed by atoms with Gasteiger partial charge in [0.15, 0.2) is 5.78 Å². The Morgan fingerprint density at radius 2 is 1.72 bits per heavy atom. The molecule has 0 saturated heterocycles. The number of benzene rings is 2. The molecule has 0 radical (unpaired) electrons. The Bertz CT molecular complexity index is 579. The van der Waals surface area contributed by atoms with Gasteiger partial charge in [0.05, 0.1) is 0 Å². The Hall–Kier alpha value is -1.56. The third-order valence-corrected chi connectivity index (χ3v) is 3.17. The van der Waals surface area contributed by atoms with Crippen LogP contribution < -0.4 is 10.5 Å². The molecule has 2 aromatic rings. The van der Waals surface area contributed by atoms with Gasteiger partial charge in [-0.1, -0.05) is 0 Å². The Morgan fingerprint density at radius 3 is 2.28 bits per heavy atom. The Kier molecular flexibility index (Phi) is 3.86. The van der Waals surface area contributed by atoms with Crippen molar-refractivity contribution in [1.29, 1.82) is 0 Å². The number of carbonyl (C=O) groups is 1. The van der Waals surface area contributed by atoms with Gasteiger partial charge >= 0.3 is 0 Å². The fourth-order valence-corrected chi connectivity index (χ4v) is 1.92. The summed E-state index contributed by atoms with van der Waals surface area (Å²) in [5, 5.41) is 0. The first-order chi connectivity index (χ1) is 8.56. The number of nitrogens with two attached hydrogens (primary N) is 1. The predicted molar refractivity (Wildman–Crippen MR) is 80.1 cm³/mol. The first-order valence-corrected chi connectivity index (χ1v) is 6.48. The van der Waals surface area contributed by atoms with Gasteiger partial charge in [0.1, 0.15) is 11.5 Å². The maximum absolute atomic E-state index is 11.3. The lowest BCUT2D eigenvalue weighted by molar-refractivity contribution is 0.101. The van der Waals surface area contributed by atoms with Crippen molar-refractivity contribution < 1.29 is 9.53 Å². The van der Waals surface area contributed by atoms with E-state index in [4.69, 9.17) is 10.5 Å². The molecule has 3 nitrogen and oxygen atoms in total. The van der Waals surface area contributed by atoms with Gasteiger partial charge in [0.2, 0.25) is 0 Å². The molecule has 0 aromatic heterocycles. The molecule has 4 heteroatoms. The van der Waals surface area contributed by atoms with Gasteiger partial charge in [-0.05, 0) is 65.9 Å². The third-order valence-electron chi connectivity index (χ3n) is 2.45. The monoisotopic (exact) mass is 353 g/mol. The van der Waals surface area contributed by atoms with Crippen LogP contribution in [0.3, 0.4) is 0 Å². The fourth-order valence-electron chi connectivity index (χ4n) is 1.56. The number of hydrogen-bond acceptors (Lipinski definition) is 3. The van der Waals surface area contributed by atoms with Gasteiger partial charge in [-0.2, -0.15) is 0 Å². The molecule has 0 amide bonds. The van der Waals surface area contributed by atoms with Crippen LogP contribution in [0.1, 0.15) is 17.3 Å². The van der Waals surface area contributed by atoms with E-state index in [0.29, 0.717) is 17.0 Å². The summed E-state index contributed by atoms with van der Waals surface area (Å²) in [4.78, 5) is 11.3. The van der Waals surface area contributed by atoms with Crippen molar-refractivity contribution in [3.8, 4) is 11.5 Å². The van der Waals surface area contributed by atoms with Gasteiger partial charge in [-0.25, -0.2) is 0 Å². The lowest BCUT2D eigenvalue weighted by atomic mass is 10.1. The van der Waals surface area contributed by atoms with E-state index in [2.05, 4.69) is 22.6 Å². The van der Waals surface area contributed by atoms with Gasteiger partial charge in [0.25, 0.3) is 0 Å². The maximum Gasteiger partial charge on any atom is 0.161 e. The van der Waals surface area contributed by atoms with Crippen LogP contribution in [0.25, 0.3) is 0 Å². The van der Waals surface area contributed by atoms with Crippen LogP contribution in [0.15, 0.2) is 42.5 Å². The van der Waals surface area contributed by atoms with Crippen molar-refractivity contribution in [1.82, 2.24) is 0 Å². The molecule has 0 aliphatic carbocycles. The third kappa shape index (κ3) is 3.01. The fraction of sp³-hybridized carbons (Fsp3) is 0.0714. The van der Waals surface area contributed by atoms with Crippen LogP contribution in [0.5, 0.6) is 11.5 Å². The highest BCUT2D eigenvalue weighted by Gasteiger charge is 2.06. The largest absolute Gasteiger partial charge is 0.457 e. The van der Waals surface area contributed by atoms with Gasteiger partial charge in [-0.15, -0.1) is 0 Å². The SMILES string of the molecule is CC(=O)c1ccc(Oc2ccc(I)cc2)cc1N. The van der Waals surface area contributed by atoms with Crippen LogP contribution in [0, 0.1) is 3.57 Å². The lowest BCUT2D eigenvalue weighted by Gasteiger charge is -2.08. The van der Waals surface area contributed by atoms with E-state index < -0.39 is 0 Å². The summed E-state index contributed by atoms with van der Waals surface area (Å²) in [6, 6.07) is 12.8. The zero-order valence-corrected chi connectivity index (χ0v) is 12.0. The zero-order chi connectivity index (χ0) is 13.1. The molecule has 0 aliphatic heterocycles. The molecule has 0 aliphatic rings. The summed E-state index contributed by atoms with van der Waals surface area (Å²) < 4.78 is 6.80. The molecule has 2 N–H and O–H groups in total. The molecule has 0 heterocycles. The van der Waals surface area contributed by atoms with Crippen LogP contribution in [-0.4, -0.2) is 5.78 Å². The van der Waals surface area contributed by atoms with E-state index in [1.807, 2.05) is 24.3 Å². The predicted octanol–water partition coefficient (Wildman–Crippen LogP) is 3.87. The van der Waals surface area contributed by atoms with E-state index in [0.717, 1.165) is 9.32 Å². The zero-order valence-electron chi connectivity index (χ0n) is 9.81. The molecule has 2 aromatic carbocycles. The van der Waals surface area contributed by atoms with Crippen LogP contribution in [-0.2, 0) is 0 Å². The molecule has 0 bridgehead atoms. The van der Waals surface area contributed by atoms with Crippen LogP contribution in [0.2, 0.25) is 0 Å². The smallest absolute Gasteiger partial charge is 0.161 e. The molecule has 18 heavy (non-hydrogen) atoms. The van der Waals surface area contributed by atoms with Gasteiger partial charge < -0.3 is 10.5 Å². The number of nitrogen functional groups attached to an aromatic ring is 1. The van der Waals surface area contributed by atoms with Crippen molar-refractivity contribution in [2.24, 2.45) is 0 Å². The Labute approximate surface area is 119 Å². The number of rotatable bonds is 3. The molecule has 92 valence electrons. The minimum Gasteiger partial charge on any atom is -0.457 e. The second kappa shape index (κ2) is 5.39. The quantitative estimate of drug-likeness (QED) is 0.518. The summed E-state index contributed by atoms with van der Waals surface area (Å²) in [5.41, 5.74) is 6.75. The highest BCUT2D eigenvalue weighted by Crippen LogP contribution is 2.26. The molecule has 0 atom stereocenters. The Balaban J connectivity index is 2.22. The van der Waals surface area contributed by atoms with Crippen LogP contribution >= 0.6 is 22.6 Å². The number of carbonyl (C=O) groups excluding carboxylic acids is 1. The lowest BCUT2D eigenvalue weighted by Crippen LogP contribution is -1.99. The summed E-state index contributed by atoms with van der Waals surface area (Å²) in [6.45, 7) is 1.49. The van der Waals surface area contributed by atoms with E-state index in [9.17, 15) is 4.79 Å². The van der Waals surface area contributed by atoms with E-state index >= 15 is 0 Å². The summed E-state index contributed by atoms with van der Waals surface area (Å²) in [7, 11) is 0. The molecular formula is C14H12INO2. The minimum absolute atomic E-state index is 0.0479. The van der Waals surface area contributed by atoms with Crippen molar-refractivity contribution in [3.63, 3.8) is 0 Å².